The molecule has 2 nitrogen and oxygen atoms in total. The molecule has 112 valence electrons. The Hall–Kier alpha value is -0.370. The van der Waals surface area contributed by atoms with Crippen LogP contribution in [0.2, 0.25) is 0 Å². The van der Waals surface area contributed by atoms with Crippen molar-refractivity contribution >= 4 is 5.78 Å². The summed E-state index contributed by atoms with van der Waals surface area (Å²) in [5.41, 5.74) is -0.137. The first-order valence-corrected chi connectivity index (χ1v) is 7.93. The molecule has 0 aromatic rings. The van der Waals surface area contributed by atoms with Crippen molar-refractivity contribution in [2.24, 2.45) is 11.3 Å². The van der Waals surface area contributed by atoms with E-state index in [1.807, 2.05) is 0 Å². The molecule has 1 aliphatic carbocycles. The van der Waals surface area contributed by atoms with Crippen LogP contribution < -0.4 is 5.32 Å². The van der Waals surface area contributed by atoms with Gasteiger partial charge in [0, 0.05) is 22.9 Å². The summed E-state index contributed by atoms with van der Waals surface area (Å²) >= 11 is 0. The second kappa shape index (κ2) is 6.39. The minimum atomic E-state index is -0.221. The lowest BCUT2D eigenvalue weighted by molar-refractivity contribution is -0.132. The van der Waals surface area contributed by atoms with E-state index in [0.717, 1.165) is 12.8 Å². The maximum Gasteiger partial charge on any atom is 0.142 e. The highest BCUT2D eigenvalue weighted by Gasteiger charge is 2.36. The molecule has 1 N–H and O–H groups in total. The summed E-state index contributed by atoms with van der Waals surface area (Å²) in [6.07, 6.45) is 7.26. The van der Waals surface area contributed by atoms with Gasteiger partial charge in [-0.2, -0.15) is 0 Å². The van der Waals surface area contributed by atoms with Gasteiger partial charge in [-0.05, 0) is 33.6 Å². The SMILES string of the molecule is CC(C)(C)N[C@@H]1CCCCCC[C@@H]1C(=O)C(C)(C)C. The van der Waals surface area contributed by atoms with Crippen LogP contribution >= 0.6 is 0 Å². The van der Waals surface area contributed by atoms with Gasteiger partial charge in [0.1, 0.15) is 5.78 Å². The third kappa shape index (κ3) is 5.64. The highest BCUT2D eigenvalue weighted by Crippen LogP contribution is 2.31. The quantitative estimate of drug-likeness (QED) is 0.807. The van der Waals surface area contributed by atoms with Gasteiger partial charge in [-0.3, -0.25) is 4.79 Å². The van der Waals surface area contributed by atoms with Crippen molar-refractivity contribution in [3.05, 3.63) is 0 Å². The van der Waals surface area contributed by atoms with E-state index >= 15 is 0 Å². The fraction of sp³-hybridized carbons (Fsp3) is 0.941. The molecule has 1 rings (SSSR count). The van der Waals surface area contributed by atoms with Crippen LogP contribution in [-0.2, 0) is 4.79 Å². The van der Waals surface area contributed by atoms with E-state index in [9.17, 15) is 4.79 Å². The molecule has 0 amide bonds. The van der Waals surface area contributed by atoms with Gasteiger partial charge in [0.15, 0.2) is 0 Å². The van der Waals surface area contributed by atoms with E-state index in [2.05, 4.69) is 46.9 Å². The first kappa shape index (κ1) is 16.7. The van der Waals surface area contributed by atoms with Crippen LogP contribution in [0.15, 0.2) is 0 Å². The molecule has 0 spiro atoms. The van der Waals surface area contributed by atoms with Gasteiger partial charge in [-0.15, -0.1) is 0 Å². The van der Waals surface area contributed by atoms with E-state index in [0.29, 0.717) is 11.8 Å². The van der Waals surface area contributed by atoms with Gasteiger partial charge >= 0.3 is 0 Å². The maximum atomic E-state index is 12.7. The predicted molar refractivity (Wildman–Crippen MR) is 82.3 cm³/mol. The molecular weight excluding hydrogens is 234 g/mol. The Morgan fingerprint density at radius 3 is 1.89 bits per heavy atom. The topological polar surface area (TPSA) is 29.1 Å². The Bertz CT molecular complexity index is 295. The second-order valence-electron chi connectivity index (χ2n) is 8.21. The Labute approximate surface area is 119 Å². The molecule has 0 aromatic heterocycles. The van der Waals surface area contributed by atoms with Crippen molar-refractivity contribution in [2.75, 3.05) is 0 Å². The van der Waals surface area contributed by atoms with Crippen LogP contribution in [0.1, 0.15) is 80.1 Å². The van der Waals surface area contributed by atoms with Crippen molar-refractivity contribution in [3.8, 4) is 0 Å². The Morgan fingerprint density at radius 1 is 0.895 bits per heavy atom. The number of carbonyl (C=O) groups excluding carboxylic acids is 1. The van der Waals surface area contributed by atoms with Gasteiger partial charge < -0.3 is 5.32 Å². The van der Waals surface area contributed by atoms with E-state index < -0.39 is 0 Å². The monoisotopic (exact) mass is 267 g/mol. The Morgan fingerprint density at radius 2 is 1.42 bits per heavy atom. The van der Waals surface area contributed by atoms with Gasteiger partial charge in [0.25, 0.3) is 0 Å². The number of Topliss-reactive ketones (excluding diaryl/α,β-unsaturated/α-hetero) is 1. The zero-order valence-corrected chi connectivity index (χ0v) is 13.8. The number of nitrogens with one attached hydrogen (secondary N) is 1. The largest absolute Gasteiger partial charge is 0.309 e. The number of rotatable bonds is 2. The molecule has 0 unspecified atom stereocenters. The lowest BCUT2D eigenvalue weighted by atomic mass is 9.75. The molecule has 2 heteroatoms. The zero-order valence-electron chi connectivity index (χ0n) is 13.8. The van der Waals surface area contributed by atoms with Crippen molar-refractivity contribution in [3.63, 3.8) is 0 Å². The molecule has 0 bridgehead atoms. The third-order valence-electron chi connectivity index (χ3n) is 3.96. The van der Waals surface area contributed by atoms with Crippen LogP contribution in [-0.4, -0.2) is 17.4 Å². The van der Waals surface area contributed by atoms with Gasteiger partial charge in [0.05, 0.1) is 0 Å². The number of carbonyl (C=O) groups is 1. The molecule has 1 fully saturated rings. The lowest BCUT2D eigenvalue weighted by Gasteiger charge is -2.37. The Balaban J connectivity index is 2.87. The van der Waals surface area contributed by atoms with Crippen molar-refractivity contribution in [1.29, 1.82) is 0 Å². The molecule has 0 aromatic carbocycles. The van der Waals surface area contributed by atoms with E-state index in [-0.39, 0.29) is 16.9 Å². The molecule has 0 saturated heterocycles. The summed E-state index contributed by atoms with van der Waals surface area (Å²) in [6, 6.07) is 0.354. The third-order valence-corrected chi connectivity index (χ3v) is 3.96. The smallest absolute Gasteiger partial charge is 0.142 e. The fourth-order valence-electron chi connectivity index (χ4n) is 3.08. The average molecular weight is 267 g/mol. The van der Waals surface area contributed by atoms with E-state index in [4.69, 9.17) is 0 Å². The Kier molecular flexibility index (Phi) is 5.61. The molecule has 0 radical (unpaired) electrons. The molecule has 19 heavy (non-hydrogen) atoms. The first-order valence-electron chi connectivity index (χ1n) is 7.93. The van der Waals surface area contributed by atoms with Crippen molar-refractivity contribution in [1.82, 2.24) is 5.32 Å². The van der Waals surface area contributed by atoms with Crippen LogP contribution in [0.4, 0.5) is 0 Å². The summed E-state index contributed by atoms with van der Waals surface area (Å²) in [6.45, 7) is 12.8. The molecule has 2 atom stereocenters. The summed E-state index contributed by atoms with van der Waals surface area (Å²) < 4.78 is 0. The lowest BCUT2D eigenvalue weighted by Crippen LogP contribution is -2.51. The van der Waals surface area contributed by atoms with Crippen LogP contribution in [0.3, 0.4) is 0 Å². The number of hydrogen-bond donors (Lipinski definition) is 1. The highest BCUT2D eigenvalue weighted by molar-refractivity contribution is 5.86. The summed E-state index contributed by atoms with van der Waals surface area (Å²) in [7, 11) is 0. The molecule has 1 saturated carbocycles. The standard InChI is InChI=1S/C17H33NO/c1-16(2,3)15(19)13-11-9-7-8-10-12-14(13)18-17(4,5)6/h13-14,18H,7-12H2,1-6H3/t13-,14+/m0/s1. The summed E-state index contributed by atoms with van der Waals surface area (Å²) in [4.78, 5) is 12.7. The van der Waals surface area contributed by atoms with E-state index in [1.54, 1.807) is 0 Å². The highest BCUT2D eigenvalue weighted by atomic mass is 16.1. The minimum Gasteiger partial charge on any atom is -0.309 e. The normalized spacial score (nSPS) is 26.6. The molecule has 1 aliphatic rings. The fourth-order valence-corrected chi connectivity index (χ4v) is 3.08. The van der Waals surface area contributed by atoms with Crippen LogP contribution in [0.5, 0.6) is 0 Å². The molecule has 0 aliphatic heterocycles. The number of ketones is 1. The first-order chi connectivity index (χ1) is 8.61. The number of hydrogen-bond acceptors (Lipinski definition) is 2. The zero-order chi connectivity index (χ0) is 14.7. The average Bonchev–Trinajstić information content (AvgIpc) is 2.19. The second-order valence-corrected chi connectivity index (χ2v) is 8.21. The van der Waals surface area contributed by atoms with Crippen LogP contribution in [0.25, 0.3) is 0 Å². The van der Waals surface area contributed by atoms with Gasteiger partial charge in [0.2, 0.25) is 0 Å². The predicted octanol–water partition coefficient (Wildman–Crippen LogP) is 4.33. The van der Waals surface area contributed by atoms with Gasteiger partial charge in [-0.25, -0.2) is 0 Å². The van der Waals surface area contributed by atoms with Crippen LogP contribution in [0, 0.1) is 11.3 Å². The van der Waals surface area contributed by atoms with Crippen molar-refractivity contribution < 1.29 is 4.79 Å². The molecule has 0 heterocycles. The summed E-state index contributed by atoms with van der Waals surface area (Å²) in [5.74, 6) is 0.635. The van der Waals surface area contributed by atoms with E-state index in [1.165, 1.54) is 25.7 Å². The minimum absolute atomic E-state index is 0.0836. The maximum absolute atomic E-state index is 12.7. The van der Waals surface area contributed by atoms with Gasteiger partial charge in [-0.1, -0.05) is 46.5 Å². The molecular formula is C17H33NO. The summed E-state index contributed by atoms with van der Waals surface area (Å²) in [5, 5.41) is 3.71. The van der Waals surface area contributed by atoms with Crippen molar-refractivity contribution in [2.45, 2.75) is 91.6 Å².